The number of rotatable bonds is 4. The second-order valence-corrected chi connectivity index (χ2v) is 8.86. The number of anilines is 2. The molecule has 0 aliphatic carbocycles. The van der Waals surface area contributed by atoms with E-state index >= 15 is 0 Å². The predicted molar refractivity (Wildman–Crippen MR) is 115 cm³/mol. The van der Waals surface area contributed by atoms with Gasteiger partial charge in [0.2, 0.25) is 0 Å². The van der Waals surface area contributed by atoms with Gasteiger partial charge < -0.3 is 4.90 Å². The largest absolute Gasteiger partial charge is 0.308 e. The highest BCUT2D eigenvalue weighted by molar-refractivity contribution is 7.92. The number of benzene rings is 3. The highest BCUT2D eigenvalue weighted by Gasteiger charge is 2.24. The van der Waals surface area contributed by atoms with Crippen LogP contribution in [0, 0.1) is 0 Å². The Morgan fingerprint density at radius 3 is 2.45 bits per heavy atom. The van der Waals surface area contributed by atoms with Crippen molar-refractivity contribution in [1.82, 2.24) is 0 Å². The van der Waals surface area contributed by atoms with E-state index in [9.17, 15) is 13.2 Å². The number of fused-ring (bicyclic) bond motifs is 1. The number of halogens is 1. The molecule has 1 N–H and O–H groups in total. The third-order valence-electron chi connectivity index (χ3n) is 4.84. The molecule has 0 fully saturated rings. The number of hydrogen-bond acceptors (Lipinski definition) is 3. The molecule has 29 heavy (non-hydrogen) atoms. The Kier molecular flexibility index (Phi) is 5.30. The molecule has 3 aromatic rings. The first kappa shape index (κ1) is 19.5. The van der Waals surface area contributed by atoms with Crippen LogP contribution in [0.2, 0.25) is 5.02 Å². The molecule has 0 saturated heterocycles. The van der Waals surface area contributed by atoms with E-state index < -0.39 is 10.0 Å². The van der Waals surface area contributed by atoms with Gasteiger partial charge in [-0.2, -0.15) is 0 Å². The summed E-state index contributed by atoms with van der Waals surface area (Å²) in [5.41, 5.74) is 2.81. The maximum Gasteiger partial charge on any atom is 0.263 e. The summed E-state index contributed by atoms with van der Waals surface area (Å²) in [6, 6.07) is 20.7. The number of carbonyl (C=O) groups excluding carboxylic acids is 1. The van der Waals surface area contributed by atoms with Crippen LogP contribution in [-0.4, -0.2) is 20.9 Å². The molecular weight excluding hydrogens is 408 g/mol. The highest BCUT2D eigenvalue weighted by atomic mass is 35.5. The summed E-state index contributed by atoms with van der Waals surface area (Å²) in [5, 5.41) is 0.164. The van der Waals surface area contributed by atoms with Crippen LogP contribution >= 0.6 is 11.6 Å². The monoisotopic (exact) mass is 426 g/mol. The van der Waals surface area contributed by atoms with Gasteiger partial charge >= 0.3 is 0 Å². The van der Waals surface area contributed by atoms with E-state index in [0.717, 1.165) is 24.1 Å². The molecule has 4 rings (SSSR count). The van der Waals surface area contributed by atoms with E-state index in [-0.39, 0.29) is 15.8 Å². The second-order valence-electron chi connectivity index (χ2n) is 6.81. The van der Waals surface area contributed by atoms with Crippen LogP contribution in [0.15, 0.2) is 77.7 Å². The van der Waals surface area contributed by atoms with E-state index in [1.54, 1.807) is 47.4 Å². The Labute approximate surface area is 175 Å². The standard InChI is InChI=1S/C22H19ClN2O3S/c23-19-10-4-5-11-21(19)29(27,28)24-18-12-13-20-17(15-18)9-6-14-25(20)22(26)16-7-2-1-3-8-16/h1-5,7-8,10-13,15,24H,6,9,14H2. The van der Waals surface area contributed by atoms with Crippen LogP contribution < -0.4 is 9.62 Å². The van der Waals surface area contributed by atoms with Gasteiger partial charge in [0.1, 0.15) is 4.90 Å². The van der Waals surface area contributed by atoms with Crippen molar-refractivity contribution in [3.05, 3.63) is 88.9 Å². The summed E-state index contributed by atoms with van der Waals surface area (Å²) in [7, 11) is -3.81. The smallest absolute Gasteiger partial charge is 0.263 e. The van der Waals surface area contributed by atoms with Crippen molar-refractivity contribution < 1.29 is 13.2 Å². The van der Waals surface area contributed by atoms with Gasteiger partial charge in [-0.25, -0.2) is 8.42 Å². The van der Waals surface area contributed by atoms with Crippen molar-refractivity contribution in [2.75, 3.05) is 16.2 Å². The zero-order valence-electron chi connectivity index (χ0n) is 15.5. The molecule has 3 aromatic carbocycles. The minimum absolute atomic E-state index is 0.0280. The fraction of sp³-hybridized carbons (Fsp3) is 0.136. The lowest BCUT2D eigenvalue weighted by molar-refractivity contribution is 0.0985. The summed E-state index contributed by atoms with van der Waals surface area (Å²) < 4.78 is 28.0. The molecule has 0 unspecified atom stereocenters. The fourth-order valence-electron chi connectivity index (χ4n) is 3.48. The molecule has 0 saturated carbocycles. The van der Waals surface area contributed by atoms with E-state index in [4.69, 9.17) is 11.6 Å². The topological polar surface area (TPSA) is 66.5 Å². The van der Waals surface area contributed by atoms with Crippen LogP contribution in [0.3, 0.4) is 0 Å². The van der Waals surface area contributed by atoms with Crippen LogP contribution in [0.5, 0.6) is 0 Å². The Hall–Kier alpha value is -2.83. The highest BCUT2D eigenvalue weighted by Crippen LogP contribution is 2.32. The SMILES string of the molecule is O=C(c1ccccc1)N1CCCc2cc(NS(=O)(=O)c3ccccc3Cl)ccc21. The third-order valence-corrected chi connectivity index (χ3v) is 6.72. The summed E-state index contributed by atoms with van der Waals surface area (Å²) >= 11 is 6.04. The van der Waals surface area contributed by atoms with Crippen molar-refractivity contribution in [2.24, 2.45) is 0 Å². The zero-order valence-corrected chi connectivity index (χ0v) is 17.1. The second kappa shape index (κ2) is 7.89. The maximum atomic E-state index is 12.9. The molecule has 148 valence electrons. The van der Waals surface area contributed by atoms with E-state index in [1.165, 1.54) is 12.1 Å². The number of aryl methyl sites for hydroxylation is 1. The van der Waals surface area contributed by atoms with Gasteiger partial charge in [-0.15, -0.1) is 0 Å². The molecule has 0 atom stereocenters. The number of nitrogens with one attached hydrogen (secondary N) is 1. The zero-order chi connectivity index (χ0) is 20.4. The minimum atomic E-state index is -3.81. The van der Waals surface area contributed by atoms with Crippen LogP contribution in [0.4, 0.5) is 11.4 Å². The van der Waals surface area contributed by atoms with Crippen LogP contribution in [-0.2, 0) is 16.4 Å². The molecule has 0 spiro atoms. The van der Waals surface area contributed by atoms with Crippen molar-refractivity contribution >= 4 is 38.9 Å². The molecular formula is C22H19ClN2O3S. The number of hydrogen-bond donors (Lipinski definition) is 1. The Morgan fingerprint density at radius 2 is 1.69 bits per heavy atom. The number of sulfonamides is 1. The normalized spacial score (nSPS) is 13.6. The van der Waals surface area contributed by atoms with Gasteiger partial charge in [-0.3, -0.25) is 9.52 Å². The van der Waals surface area contributed by atoms with E-state index in [0.29, 0.717) is 17.8 Å². The molecule has 5 nitrogen and oxygen atoms in total. The van der Waals surface area contributed by atoms with Gasteiger partial charge in [0.15, 0.2) is 0 Å². The van der Waals surface area contributed by atoms with Gasteiger partial charge in [-0.05, 0) is 60.9 Å². The summed E-state index contributed by atoms with van der Waals surface area (Å²) in [4.78, 5) is 14.7. The van der Waals surface area contributed by atoms with Gasteiger partial charge in [0.25, 0.3) is 15.9 Å². The lowest BCUT2D eigenvalue weighted by Gasteiger charge is -2.30. The molecule has 1 amide bonds. The maximum absolute atomic E-state index is 12.9. The van der Waals surface area contributed by atoms with Crippen LogP contribution in [0.1, 0.15) is 22.3 Å². The molecule has 0 radical (unpaired) electrons. The lowest BCUT2D eigenvalue weighted by Crippen LogP contribution is -2.35. The van der Waals surface area contributed by atoms with Gasteiger partial charge in [0.05, 0.1) is 5.02 Å². The summed E-state index contributed by atoms with van der Waals surface area (Å²) in [6.45, 7) is 0.630. The third kappa shape index (κ3) is 3.99. The number of carbonyl (C=O) groups is 1. The van der Waals surface area contributed by atoms with Crippen molar-refractivity contribution in [3.63, 3.8) is 0 Å². The Balaban J connectivity index is 1.62. The van der Waals surface area contributed by atoms with Gasteiger partial charge in [-0.1, -0.05) is 41.9 Å². The van der Waals surface area contributed by atoms with Crippen molar-refractivity contribution in [3.8, 4) is 0 Å². The van der Waals surface area contributed by atoms with Crippen LogP contribution in [0.25, 0.3) is 0 Å². The molecule has 0 bridgehead atoms. The average molecular weight is 427 g/mol. The van der Waals surface area contributed by atoms with E-state index in [2.05, 4.69) is 4.72 Å². The molecule has 1 heterocycles. The van der Waals surface area contributed by atoms with Gasteiger partial charge in [0, 0.05) is 23.5 Å². The Bertz CT molecular complexity index is 1160. The number of amides is 1. The first-order chi connectivity index (χ1) is 14.0. The minimum Gasteiger partial charge on any atom is -0.308 e. The summed E-state index contributed by atoms with van der Waals surface area (Å²) in [6.07, 6.45) is 1.59. The van der Waals surface area contributed by atoms with E-state index in [1.807, 2.05) is 18.2 Å². The predicted octanol–water partition coefficient (Wildman–Crippen LogP) is 4.73. The number of nitrogens with zero attached hydrogens (tertiary/aromatic N) is 1. The summed E-state index contributed by atoms with van der Waals surface area (Å²) in [5.74, 6) is -0.0593. The molecule has 0 aromatic heterocycles. The van der Waals surface area contributed by atoms with Crippen molar-refractivity contribution in [1.29, 1.82) is 0 Å². The molecule has 1 aliphatic heterocycles. The van der Waals surface area contributed by atoms with Crippen molar-refractivity contribution in [2.45, 2.75) is 17.7 Å². The quantitative estimate of drug-likeness (QED) is 0.655. The first-order valence-electron chi connectivity index (χ1n) is 9.23. The molecule has 7 heteroatoms. The Morgan fingerprint density at radius 1 is 0.966 bits per heavy atom. The molecule has 1 aliphatic rings. The average Bonchev–Trinajstić information content (AvgIpc) is 2.73. The lowest BCUT2D eigenvalue weighted by atomic mass is 10.00. The fourth-order valence-corrected chi connectivity index (χ4v) is 5.05. The first-order valence-corrected chi connectivity index (χ1v) is 11.1.